The summed E-state index contributed by atoms with van der Waals surface area (Å²) < 4.78 is 2.04. The first-order valence-corrected chi connectivity index (χ1v) is 6.34. The highest BCUT2D eigenvalue weighted by atomic mass is 35.5. The average molecular weight is 253 g/mol. The van der Waals surface area contributed by atoms with E-state index in [0.717, 1.165) is 12.2 Å². The molecule has 94 valence electrons. The van der Waals surface area contributed by atoms with E-state index in [0.29, 0.717) is 5.88 Å². The van der Waals surface area contributed by atoms with Crippen LogP contribution < -0.4 is 0 Å². The number of hydrogen-bond acceptors (Lipinski definition) is 1. The van der Waals surface area contributed by atoms with E-state index < -0.39 is 0 Å². The minimum Gasteiger partial charge on any atom is -0.329 e. The zero-order chi connectivity index (χ0) is 13.1. The highest BCUT2D eigenvalue weighted by Crippen LogP contribution is 2.08. The zero-order valence-electron chi connectivity index (χ0n) is 10.9. The van der Waals surface area contributed by atoms with E-state index in [2.05, 4.69) is 17.6 Å². The highest BCUT2D eigenvalue weighted by Gasteiger charge is 2.00. The molecular formula is C14H21ClN2. The maximum atomic E-state index is 5.79. The maximum Gasteiger partial charge on any atom is 0.0951 e. The molecule has 2 nitrogen and oxygen atoms in total. The minimum atomic E-state index is 0.488. The van der Waals surface area contributed by atoms with Crippen molar-refractivity contribution in [3.63, 3.8) is 0 Å². The Morgan fingerprint density at radius 2 is 2.24 bits per heavy atom. The van der Waals surface area contributed by atoms with Gasteiger partial charge < -0.3 is 4.57 Å². The number of halogens is 1. The first kappa shape index (κ1) is 15.7. The van der Waals surface area contributed by atoms with Gasteiger partial charge in [0.2, 0.25) is 0 Å². The molecule has 0 spiro atoms. The number of allylic oxidation sites excluding steroid dienone is 5. The number of imidazole rings is 1. The Balaban J connectivity index is 0.00000121. The number of nitrogens with zero attached hydrogens (tertiary/aromatic N) is 2. The molecule has 1 aromatic heterocycles. The van der Waals surface area contributed by atoms with E-state index in [4.69, 9.17) is 11.6 Å². The third kappa shape index (κ3) is 5.55. The van der Waals surface area contributed by atoms with E-state index in [-0.39, 0.29) is 0 Å². The Morgan fingerprint density at radius 3 is 2.76 bits per heavy atom. The standard InChI is InChI=1S/C12H15ClN2.C2H6/c1-3-5-6-11(4-2)9-15-10-14-8-12(15)7-13;1-2/h3-6,8,10H,1,7,9H2,2H3;1-2H3/b6-5-,11-4+;. The maximum absolute atomic E-state index is 5.79. The lowest BCUT2D eigenvalue weighted by atomic mass is 10.2. The topological polar surface area (TPSA) is 17.8 Å². The Morgan fingerprint density at radius 1 is 1.53 bits per heavy atom. The summed E-state index contributed by atoms with van der Waals surface area (Å²) >= 11 is 5.79. The second-order valence-electron chi connectivity index (χ2n) is 3.10. The van der Waals surface area contributed by atoms with Gasteiger partial charge in [0, 0.05) is 12.7 Å². The van der Waals surface area contributed by atoms with Crippen LogP contribution in [0.15, 0.2) is 49.0 Å². The van der Waals surface area contributed by atoms with Gasteiger partial charge >= 0.3 is 0 Å². The summed E-state index contributed by atoms with van der Waals surface area (Å²) in [6, 6.07) is 0. The van der Waals surface area contributed by atoms with Gasteiger partial charge in [0.15, 0.2) is 0 Å². The molecule has 0 aliphatic carbocycles. The number of rotatable bonds is 5. The van der Waals surface area contributed by atoms with E-state index in [1.165, 1.54) is 5.57 Å². The molecule has 0 radical (unpaired) electrons. The van der Waals surface area contributed by atoms with Crippen LogP contribution >= 0.6 is 11.6 Å². The van der Waals surface area contributed by atoms with E-state index in [9.17, 15) is 0 Å². The molecule has 0 unspecified atom stereocenters. The van der Waals surface area contributed by atoms with Gasteiger partial charge in [0.05, 0.1) is 17.9 Å². The van der Waals surface area contributed by atoms with Crippen molar-refractivity contribution in [3.8, 4) is 0 Å². The van der Waals surface area contributed by atoms with Gasteiger partial charge in [-0.25, -0.2) is 4.98 Å². The van der Waals surface area contributed by atoms with Gasteiger partial charge in [-0.1, -0.05) is 44.7 Å². The van der Waals surface area contributed by atoms with Crippen molar-refractivity contribution in [2.45, 2.75) is 33.2 Å². The lowest BCUT2D eigenvalue weighted by molar-refractivity contribution is 0.763. The molecule has 0 saturated carbocycles. The van der Waals surface area contributed by atoms with Crippen LogP contribution in [0.5, 0.6) is 0 Å². The van der Waals surface area contributed by atoms with E-state index >= 15 is 0 Å². The van der Waals surface area contributed by atoms with Crippen LogP contribution in [0.25, 0.3) is 0 Å². The van der Waals surface area contributed by atoms with Crippen LogP contribution in [-0.2, 0) is 12.4 Å². The van der Waals surface area contributed by atoms with E-state index in [1.807, 2.05) is 37.5 Å². The smallest absolute Gasteiger partial charge is 0.0951 e. The molecule has 0 aromatic carbocycles. The fraction of sp³-hybridized carbons (Fsp3) is 0.357. The van der Waals surface area contributed by atoms with Crippen molar-refractivity contribution in [1.29, 1.82) is 0 Å². The van der Waals surface area contributed by atoms with Crippen molar-refractivity contribution in [2.75, 3.05) is 0 Å². The monoisotopic (exact) mass is 252 g/mol. The molecule has 0 saturated heterocycles. The molecule has 1 heterocycles. The van der Waals surface area contributed by atoms with Gasteiger partial charge in [-0.05, 0) is 12.5 Å². The molecule has 17 heavy (non-hydrogen) atoms. The van der Waals surface area contributed by atoms with Crippen molar-refractivity contribution < 1.29 is 0 Å². The summed E-state index contributed by atoms with van der Waals surface area (Å²) in [5, 5.41) is 0. The molecule has 1 aromatic rings. The van der Waals surface area contributed by atoms with Gasteiger partial charge in [0.1, 0.15) is 0 Å². The molecule has 0 amide bonds. The molecule has 3 heteroatoms. The van der Waals surface area contributed by atoms with Crippen LogP contribution in [-0.4, -0.2) is 9.55 Å². The Hall–Kier alpha value is -1.28. The van der Waals surface area contributed by atoms with Crippen LogP contribution in [0.3, 0.4) is 0 Å². The quantitative estimate of drug-likeness (QED) is 0.563. The van der Waals surface area contributed by atoms with Crippen molar-refractivity contribution in [3.05, 3.63) is 54.7 Å². The minimum absolute atomic E-state index is 0.488. The molecule has 0 aliphatic rings. The largest absolute Gasteiger partial charge is 0.329 e. The lowest BCUT2D eigenvalue weighted by Crippen LogP contribution is -2.01. The van der Waals surface area contributed by atoms with Gasteiger partial charge in [-0.2, -0.15) is 0 Å². The lowest BCUT2D eigenvalue weighted by Gasteiger charge is -2.06. The molecule has 1 rings (SSSR count). The first-order chi connectivity index (χ1) is 8.31. The van der Waals surface area contributed by atoms with Gasteiger partial charge in [-0.15, -0.1) is 11.6 Å². The fourth-order valence-electron chi connectivity index (χ4n) is 1.23. The zero-order valence-corrected chi connectivity index (χ0v) is 11.6. The first-order valence-electron chi connectivity index (χ1n) is 5.81. The van der Waals surface area contributed by atoms with Crippen molar-refractivity contribution in [1.82, 2.24) is 9.55 Å². The van der Waals surface area contributed by atoms with Crippen LogP contribution in [0.4, 0.5) is 0 Å². The summed E-state index contributed by atoms with van der Waals surface area (Å²) in [4.78, 5) is 4.07. The van der Waals surface area contributed by atoms with Crippen LogP contribution in [0.1, 0.15) is 26.5 Å². The second kappa shape index (κ2) is 9.91. The summed E-state index contributed by atoms with van der Waals surface area (Å²) in [5.74, 6) is 0.488. The average Bonchev–Trinajstić information content (AvgIpc) is 2.84. The molecule has 0 fully saturated rings. The normalized spacial score (nSPS) is 11.2. The van der Waals surface area contributed by atoms with Crippen LogP contribution in [0, 0.1) is 0 Å². The van der Waals surface area contributed by atoms with Crippen molar-refractivity contribution >= 4 is 11.6 Å². The number of alkyl halides is 1. The summed E-state index contributed by atoms with van der Waals surface area (Å²) in [6.07, 6.45) is 11.4. The predicted molar refractivity (Wildman–Crippen MR) is 76.2 cm³/mol. The van der Waals surface area contributed by atoms with Crippen LogP contribution in [0.2, 0.25) is 0 Å². The predicted octanol–water partition coefficient (Wildman–Crippen LogP) is 4.34. The second-order valence-corrected chi connectivity index (χ2v) is 3.37. The van der Waals surface area contributed by atoms with Gasteiger partial charge in [-0.3, -0.25) is 0 Å². The Labute approximate surface area is 109 Å². The molecule has 0 atom stereocenters. The fourth-order valence-corrected chi connectivity index (χ4v) is 1.45. The third-order valence-corrected chi connectivity index (χ3v) is 2.38. The molecule has 0 bridgehead atoms. The molecular weight excluding hydrogens is 232 g/mol. The Kier molecular flexibility index (Phi) is 9.17. The summed E-state index contributed by atoms with van der Waals surface area (Å²) in [7, 11) is 0. The van der Waals surface area contributed by atoms with Gasteiger partial charge in [0.25, 0.3) is 0 Å². The highest BCUT2D eigenvalue weighted by molar-refractivity contribution is 6.16. The van der Waals surface area contributed by atoms with E-state index in [1.54, 1.807) is 18.6 Å². The number of hydrogen-bond donors (Lipinski definition) is 0. The van der Waals surface area contributed by atoms with Crippen molar-refractivity contribution in [2.24, 2.45) is 0 Å². The summed E-state index contributed by atoms with van der Waals surface area (Å²) in [5.41, 5.74) is 2.24. The SMILES string of the molecule is C=C/C=C\C(=C/C)Cn1cncc1CCl.CC. The Bertz CT molecular complexity index is 375. The summed E-state index contributed by atoms with van der Waals surface area (Å²) in [6.45, 7) is 10.5. The number of aromatic nitrogens is 2. The molecule has 0 N–H and O–H groups in total. The molecule has 0 aliphatic heterocycles. The third-order valence-electron chi connectivity index (χ3n) is 2.11.